The molecule has 10 heteroatoms. The van der Waals surface area contributed by atoms with E-state index in [0.29, 0.717) is 49.0 Å². The van der Waals surface area contributed by atoms with Crippen LogP contribution in [-0.4, -0.2) is 74.9 Å². The number of aryl methyl sites for hydroxylation is 1. The van der Waals surface area contributed by atoms with E-state index < -0.39 is 0 Å². The minimum absolute atomic E-state index is 0.0608. The monoisotopic (exact) mass is 519 g/mol. The number of aromatic amines is 1. The molecule has 0 saturated carbocycles. The van der Waals surface area contributed by atoms with Gasteiger partial charge in [0.25, 0.3) is 5.56 Å². The van der Waals surface area contributed by atoms with Gasteiger partial charge in [-0.2, -0.15) is 0 Å². The van der Waals surface area contributed by atoms with E-state index in [-0.39, 0.29) is 23.3 Å². The first kappa shape index (κ1) is 24.9. The summed E-state index contributed by atoms with van der Waals surface area (Å²) < 4.78 is 6.67. The van der Waals surface area contributed by atoms with Crippen molar-refractivity contribution in [3.05, 3.63) is 63.9 Å². The first-order chi connectivity index (χ1) is 17.9. The molecule has 37 heavy (non-hydrogen) atoms. The zero-order valence-corrected chi connectivity index (χ0v) is 21.9. The van der Waals surface area contributed by atoms with E-state index in [9.17, 15) is 14.4 Å². The van der Waals surface area contributed by atoms with Crippen LogP contribution in [0.1, 0.15) is 18.1 Å². The molecule has 0 atom stereocenters. The van der Waals surface area contributed by atoms with Crippen molar-refractivity contribution in [3.63, 3.8) is 0 Å². The molecular weight excluding hydrogens is 490 g/mol. The fourth-order valence-electron chi connectivity index (χ4n) is 4.60. The number of rotatable bonds is 5. The van der Waals surface area contributed by atoms with E-state index in [0.717, 1.165) is 27.7 Å². The van der Waals surface area contributed by atoms with Crippen LogP contribution >= 0.6 is 11.8 Å². The number of nitrogens with one attached hydrogen (secondary N) is 1. The molecule has 0 spiro atoms. The number of para-hydroxylation sites is 1. The number of aromatic nitrogens is 3. The van der Waals surface area contributed by atoms with Crippen LogP contribution in [-0.2, 0) is 9.53 Å². The maximum absolute atomic E-state index is 13.8. The highest BCUT2D eigenvalue weighted by Gasteiger charge is 2.26. The number of thioether (sulfide) groups is 1. The molecule has 1 fully saturated rings. The van der Waals surface area contributed by atoms with Gasteiger partial charge in [-0.05, 0) is 44.0 Å². The van der Waals surface area contributed by atoms with Gasteiger partial charge in [-0.15, -0.1) is 0 Å². The second-order valence-corrected chi connectivity index (χ2v) is 9.95. The van der Waals surface area contributed by atoms with Crippen LogP contribution in [0.5, 0.6) is 0 Å². The average molecular weight is 520 g/mol. The Labute approximate surface area is 218 Å². The number of nitrogens with zero attached hydrogens (tertiary/aromatic N) is 4. The van der Waals surface area contributed by atoms with Gasteiger partial charge in [-0.25, -0.2) is 9.78 Å². The van der Waals surface area contributed by atoms with Gasteiger partial charge >= 0.3 is 6.09 Å². The molecule has 5 rings (SSSR count). The normalized spacial score (nSPS) is 13.9. The van der Waals surface area contributed by atoms with E-state index in [1.54, 1.807) is 21.3 Å². The highest BCUT2D eigenvalue weighted by atomic mass is 32.2. The van der Waals surface area contributed by atoms with Gasteiger partial charge in [-0.3, -0.25) is 14.2 Å². The van der Waals surface area contributed by atoms with Crippen LogP contribution in [0.15, 0.2) is 52.4 Å². The molecule has 0 aliphatic carbocycles. The van der Waals surface area contributed by atoms with Crippen LogP contribution in [0.25, 0.3) is 27.6 Å². The van der Waals surface area contributed by atoms with Crippen LogP contribution in [0.4, 0.5) is 4.79 Å². The molecule has 4 aromatic rings. The van der Waals surface area contributed by atoms with E-state index in [2.05, 4.69) is 4.98 Å². The first-order valence-corrected chi connectivity index (χ1v) is 13.3. The quantitative estimate of drug-likeness (QED) is 0.317. The molecule has 1 N–H and O–H groups in total. The number of hydrogen-bond donors (Lipinski definition) is 1. The van der Waals surface area contributed by atoms with Gasteiger partial charge in [0.05, 0.1) is 18.0 Å². The molecule has 2 amide bonds. The molecule has 2 aromatic carbocycles. The summed E-state index contributed by atoms with van der Waals surface area (Å²) in [5.74, 6) is 0.0687. The molecule has 1 aliphatic heterocycles. The summed E-state index contributed by atoms with van der Waals surface area (Å²) in [5, 5.41) is 1.33. The summed E-state index contributed by atoms with van der Waals surface area (Å²) in [6, 6.07) is 13.5. The lowest BCUT2D eigenvalue weighted by molar-refractivity contribution is -0.129. The Morgan fingerprint density at radius 2 is 1.76 bits per heavy atom. The maximum atomic E-state index is 13.8. The summed E-state index contributed by atoms with van der Waals surface area (Å²) in [4.78, 5) is 50.4. The van der Waals surface area contributed by atoms with Crippen molar-refractivity contribution >= 4 is 45.7 Å². The van der Waals surface area contributed by atoms with Gasteiger partial charge in [0.2, 0.25) is 5.91 Å². The standard InChI is InChI=1S/C27H29N5O4S/c1-4-36-27(35)31-14-12-30(13-15-31)22(33)16-37-26-29-23-19-9-5-6-10-20(19)28-24(23)25(34)32(26)21-11-7-8-17(2)18(21)3/h5-11,28H,4,12-16H2,1-3H3. The molecule has 0 radical (unpaired) electrons. The van der Waals surface area contributed by atoms with Gasteiger partial charge in [0.15, 0.2) is 5.16 Å². The van der Waals surface area contributed by atoms with Crippen LogP contribution < -0.4 is 5.56 Å². The number of fused-ring (bicyclic) bond motifs is 3. The molecule has 3 heterocycles. The van der Waals surface area contributed by atoms with Crippen molar-refractivity contribution in [1.82, 2.24) is 24.3 Å². The zero-order valence-electron chi connectivity index (χ0n) is 21.1. The van der Waals surface area contributed by atoms with Crippen LogP contribution in [0.2, 0.25) is 0 Å². The Morgan fingerprint density at radius 1 is 1.03 bits per heavy atom. The van der Waals surface area contributed by atoms with Gasteiger partial charge < -0.3 is 19.5 Å². The van der Waals surface area contributed by atoms with Crippen molar-refractivity contribution in [3.8, 4) is 5.69 Å². The average Bonchev–Trinajstić information content (AvgIpc) is 3.28. The number of carbonyl (C=O) groups excluding carboxylic acids is 2. The van der Waals surface area contributed by atoms with Crippen LogP contribution in [0.3, 0.4) is 0 Å². The Morgan fingerprint density at radius 3 is 2.51 bits per heavy atom. The van der Waals surface area contributed by atoms with E-state index in [1.807, 2.05) is 56.3 Å². The number of piperazine rings is 1. The minimum Gasteiger partial charge on any atom is -0.450 e. The number of carbonyl (C=O) groups is 2. The molecule has 9 nitrogen and oxygen atoms in total. The Bertz CT molecular complexity index is 1550. The number of hydrogen-bond acceptors (Lipinski definition) is 6. The molecule has 2 aromatic heterocycles. The smallest absolute Gasteiger partial charge is 0.409 e. The van der Waals surface area contributed by atoms with Gasteiger partial charge in [-0.1, -0.05) is 42.1 Å². The first-order valence-electron chi connectivity index (χ1n) is 12.3. The van der Waals surface area contributed by atoms with E-state index >= 15 is 0 Å². The van der Waals surface area contributed by atoms with E-state index in [1.165, 1.54) is 11.8 Å². The van der Waals surface area contributed by atoms with Gasteiger partial charge in [0, 0.05) is 37.1 Å². The summed E-state index contributed by atoms with van der Waals surface area (Å²) >= 11 is 1.26. The highest BCUT2D eigenvalue weighted by molar-refractivity contribution is 7.99. The number of benzene rings is 2. The predicted molar refractivity (Wildman–Crippen MR) is 145 cm³/mol. The summed E-state index contributed by atoms with van der Waals surface area (Å²) in [5.41, 5.74) is 4.46. The predicted octanol–water partition coefficient (Wildman–Crippen LogP) is 3.88. The molecule has 0 bridgehead atoms. The SMILES string of the molecule is CCOC(=O)N1CCN(C(=O)CSc2nc3c([nH]c4ccccc43)c(=O)n2-c2cccc(C)c2C)CC1. The van der Waals surface area contributed by atoms with Gasteiger partial charge in [0.1, 0.15) is 11.0 Å². The van der Waals surface area contributed by atoms with Crippen molar-refractivity contribution in [1.29, 1.82) is 0 Å². The van der Waals surface area contributed by atoms with Crippen molar-refractivity contribution in [2.45, 2.75) is 25.9 Å². The second kappa shape index (κ2) is 10.3. The minimum atomic E-state index is -0.349. The fourth-order valence-corrected chi connectivity index (χ4v) is 5.50. The Balaban J connectivity index is 1.46. The number of amides is 2. The largest absolute Gasteiger partial charge is 0.450 e. The Hall–Kier alpha value is -3.79. The molecule has 1 aliphatic rings. The third-order valence-electron chi connectivity index (χ3n) is 6.79. The summed E-state index contributed by atoms with van der Waals surface area (Å²) in [7, 11) is 0. The lowest BCUT2D eigenvalue weighted by Crippen LogP contribution is -2.51. The number of H-pyrrole nitrogens is 1. The lowest BCUT2D eigenvalue weighted by Gasteiger charge is -2.34. The van der Waals surface area contributed by atoms with Crippen LogP contribution in [0, 0.1) is 13.8 Å². The molecule has 1 saturated heterocycles. The van der Waals surface area contributed by atoms with E-state index in [4.69, 9.17) is 9.72 Å². The third kappa shape index (κ3) is 4.69. The summed E-state index contributed by atoms with van der Waals surface area (Å²) in [6.07, 6.45) is -0.349. The molecule has 192 valence electrons. The van der Waals surface area contributed by atoms with Crippen molar-refractivity contribution in [2.75, 3.05) is 38.5 Å². The Kier molecular flexibility index (Phi) is 6.92. The maximum Gasteiger partial charge on any atom is 0.409 e. The number of ether oxygens (including phenoxy) is 1. The lowest BCUT2D eigenvalue weighted by atomic mass is 10.1. The zero-order chi connectivity index (χ0) is 26.1. The highest BCUT2D eigenvalue weighted by Crippen LogP contribution is 2.28. The topological polar surface area (TPSA) is 101 Å². The van der Waals surface area contributed by atoms with Crippen molar-refractivity contribution in [2.24, 2.45) is 0 Å². The third-order valence-corrected chi connectivity index (χ3v) is 7.72. The van der Waals surface area contributed by atoms with Crippen molar-refractivity contribution < 1.29 is 14.3 Å². The molecule has 0 unspecified atom stereocenters. The second-order valence-electron chi connectivity index (χ2n) is 9.00. The summed E-state index contributed by atoms with van der Waals surface area (Å²) in [6.45, 7) is 7.83. The fraction of sp³-hybridized carbons (Fsp3) is 0.333. The molecular formula is C27H29N5O4S.